The zero-order chi connectivity index (χ0) is 13.9. The maximum atomic E-state index is 6.02. The molecule has 1 aromatic rings. The van der Waals surface area contributed by atoms with Crippen molar-refractivity contribution in [2.45, 2.75) is 31.8 Å². The van der Waals surface area contributed by atoms with Gasteiger partial charge in [-0.15, -0.1) is 0 Å². The smallest absolute Gasteiger partial charge is 0.191 e. The third-order valence-corrected chi connectivity index (χ3v) is 3.72. The number of ether oxygens (including phenoxy) is 2. The Kier molecular flexibility index (Phi) is 3.67. The van der Waals surface area contributed by atoms with Crippen LogP contribution in [0.25, 0.3) is 0 Å². The van der Waals surface area contributed by atoms with Gasteiger partial charge in [-0.2, -0.15) is 0 Å². The van der Waals surface area contributed by atoms with Gasteiger partial charge in [0.15, 0.2) is 17.5 Å². The second-order valence-electron chi connectivity index (χ2n) is 5.31. The third kappa shape index (κ3) is 2.81. The second-order valence-corrected chi connectivity index (χ2v) is 5.31. The summed E-state index contributed by atoms with van der Waals surface area (Å²) in [5.74, 6) is 2.22. The molecule has 20 heavy (non-hydrogen) atoms. The van der Waals surface area contributed by atoms with Gasteiger partial charge >= 0.3 is 0 Å². The molecule has 0 bridgehead atoms. The highest BCUT2D eigenvalue weighted by Crippen LogP contribution is 2.33. The van der Waals surface area contributed by atoms with Crippen molar-refractivity contribution in [2.24, 2.45) is 10.7 Å². The molecular weight excluding hydrogens is 254 g/mol. The topological polar surface area (TPSA) is 60.1 Å². The lowest BCUT2D eigenvalue weighted by molar-refractivity contribution is 0.296. The maximum Gasteiger partial charge on any atom is 0.191 e. The number of rotatable bonds is 3. The van der Waals surface area contributed by atoms with Crippen LogP contribution in [0.2, 0.25) is 0 Å². The van der Waals surface area contributed by atoms with Crippen molar-refractivity contribution in [1.82, 2.24) is 4.90 Å². The summed E-state index contributed by atoms with van der Waals surface area (Å²) in [5, 5.41) is 0. The first-order valence-corrected chi connectivity index (χ1v) is 7.16. The van der Waals surface area contributed by atoms with Gasteiger partial charge in [0, 0.05) is 25.1 Å². The Morgan fingerprint density at radius 3 is 2.95 bits per heavy atom. The molecule has 0 amide bonds. The SMILES string of the molecule is CN(C(N)=NCc1cccc2c1OCCCO2)C1CC1. The maximum absolute atomic E-state index is 6.02. The second kappa shape index (κ2) is 5.61. The Hall–Kier alpha value is -1.91. The normalized spacial score (nSPS) is 18.6. The Morgan fingerprint density at radius 1 is 1.35 bits per heavy atom. The van der Waals surface area contributed by atoms with Gasteiger partial charge in [-0.3, -0.25) is 0 Å². The molecule has 2 aliphatic rings. The fourth-order valence-electron chi connectivity index (χ4n) is 2.31. The minimum Gasteiger partial charge on any atom is -0.490 e. The Morgan fingerprint density at radius 2 is 2.15 bits per heavy atom. The summed E-state index contributed by atoms with van der Waals surface area (Å²) >= 11 is 0. The molecule has 1 aliphatic heterocycles. The molecule has 0 aromatic heterocycles. The molecule has 1 aromatic carbocycles. The van der Waals surface area contributed by atoms with Crippen molar-refractivity contribution < 1.29 is 9.47 Å². The highest BCUT2D eigenvalue weighted by atomic mass is 16.5. The molecule has 108 valence electrons. The van der Waals surface area contributed by atoms with E-state index in [1.165, 1.54) is 12.8 Å². The van der Waals surface area contributed by atoms with Crippen molar-refractivity contribution in [3.63, 3.8) is 0 Å². The van der Waals surface area contributed by atoms with E-state index in [1.807, 2.05) is 25.2 Å². The van der Waals surface area contributed by atoms with Gasteiger partial charge in [0.05, 0.1) is 19.8 Å². The number of nitrogens with two attached hydrogens (primary N) is 1. The molecule has 1 saturated carbocycles. The van der Waals surface area contributed by atoms with Gasteiger partial charge in [0.25, 0.3) is 0 Å². The number of hydrogen-bond acceptors (Lipinski definition) is 3. The average Bonchev–Trinajstić information content (AvgIpc) is 3.29. The van der Waals surface area contributed by atoms with E-state index >= 15 is 0 Å². The molecule has 0 unspecified atom stereocenters. The number of nitrogens with zero attached hydrogens (tertiary/aromatic N) is 2. The average molecular weight is 275 g/mol. The van der Waals surface area contributed by atoms with Crippen molar-refractivity contribution in [1.29, 1.82) is 0 Å². The van der Waals surface area contributed by atoms with Crippen LogP contribution in [-0.4, -0.2) is 37.2 Å². The van der Waals surface area contributed by atoms with E-state index in [4.69, 9.17) is 15.2 Å². The summed E-state index contributed by atoms with van der Waals surface area (Å²) in [7, 11) is 2.00. The molecule has 5 nitrogen and oxygen atoms in total. The molecule has 0 spiro atoms. The quantitative estimate of drug-likeness (QED) is 0.674. The molecule has 0 atom stereocenters. The summed E-state index contributed by atoms with van der Waals surface area (Å²) in [6.45, 7) is 1.91. The lowest BCUT2D eigenvalue weighted by Gasteiger charge is -2.17. The Bertz CT molecular complexity index is 512. The van der Waals surface area contributed by atoms with Gasteiger partial charge in [-0.1, -0.05) is 12.1 Å². The first-order chi connectivity index (χ1) is 9.75. The van der Waals surface area contributed by atoms with E-state index in [0.717, 1.165) is 23.5 Å². The Balaban J connectivity index is 1.75. The van der Waals surface area contributed by atoms with E-state index in [0.29, 0.717) is 31.8 Å². The minimum absolute atomic E-state index is 0.523. The standard InChI is InChI=1S/C15H21N3O2/c1-18(12-6-7-12)15(16)17-10-11-4-2-5-13-14(11)20-9-3-8-19-13/h2,4-5,12H,3,6-10H2,1H3,(H2,16,17). The summed E-state index contributed by atoms with van der Waals surface area (Å²) < 4.78 is 11.5. The largest absolute Gasteiger partial charge is 0.490 e. The zero-order valence-electron chi connectivity index (χ0n) is 11.8. The summed E-state index contributed by atoms with van der Waals surface area (Å²) in [4.78, 5) is 6.53. The number of guanidine groups is 1. The van der Waals surface area contributed by atoms with Crippen LogP contribution in [0.4, 0.5) is 0 Å². The van der Waals surface area contributed by atoms with Gasteiger partial charge in [-0.25, -0.2) is 4.99 Å². The van der Waals surface area contributed by atoms with E-state index in [2.05, 4.69) is 9.89 Å². The Labute approximate surface area is 119 Å². The number of aliphatic imine (C=N–C) groups is 1. The van der Waals surface area contributed by atoms with E-state index in [-0.39, 0.29) is 0 Å². The fraction of sp³-hybridized carbons (Fsp3) is 0.533. The molecule has 1 heterocycles. The van der Waals surface area contributed by atoms with Gasteiger partial charge in [-0.05, 0) is 18.9 Å². The summed E-state index contributed by atoms with van der Waals surface area (Å²) in [6.07, 6.45) is 3.33. The van der Waals surface area contributed by atoms with Gasteiger partial charge in [0.1, 0.15) is 0 Å². The lowest BCUT2D eigenvalue weighted by atomic mass is 10.2. The van der Waals surface area contributed by atoms with E-state index < -0.39 is 0 Å². The molecule has 3 rings (SSSR count). The van der Waals surface area contributed by atoms with Crippen molar-refractivity contribution in [2.75, 3.05) is 20.3 Å². The minimum atomic E-state index is 0.523. The highest BCUT2D eigenvalue weighted by molar-refractivity contribution is 5.78. The van der Waals surface area contributed by atoms with E-state index in [9.17, 15) is 0 Å². The number of benzene rings is 1. The molecular formula is C15H21N3O2. The number of hydrogen-bond donors (Lipinski definition) is 1. The van der Waals surface area contributed by atoms with Crippen LogP contribution in [0.3, 0.4) is 0 Å². The molecule has 2 N–H and O–H groups in total. The van der Waals surface area contributed by atoms with Gasteiger partial charge in [0.2, 0.25) is 0 Å². The first kappa shape index (κ1) is 13.1. The van der Waals surface area contributed by atoms with Crippen LogP contribution >= 0.6 is 0 Å². The summed E-state index contributed by atoms with van der Waals surface area (Å²) in [6, 6.07) is 6.50. The van der Waals surface area contributed by atoms with Crippen molar-refractivity contribution >= 4 is 5.96 Å². The van der Waals surface area contributed by atoms with Crippen LogP contribution in [0.15, 0.2) is 23.2 Å². The van der Waals surface area contributed by atoms with Crippen molar-refractivity contribution in [3.8, 4) is 11.5 Å². The van der Waals surface area contributed by atoms with Crippen LogP contribution in [0.5, 0.6) is 11.5 Å². The number of fused-ring (bicyclic) bond motifs is 1. The molecule has 0 radical (unpaired) electrons. The fourth-order valence-corrected chi connectivity index (χ4v) is 2.31. The lowest BCUT2D eigenvalue weighted by Crippen LogP contribution is -2.35. The molecule has 1 aliphatic carbocycles. The highest BCUT2D eigenvalue weighted by Gasteiger charge is 2.27. The predicted octanol–water partition coefficient (Wildman–Crippen LogP) is 1.76. The predicted molar refractivity (Wildman–Crippen MR) is 78.2 cm³/mol. The third-order valence-electron chi connectivity index (χ3n) is 3.72. The van der Waals surface area contributed by atoms with Crippen molar-refractivity contribution in [3.05, 3.63) is 23.8 Å². The van der Waals surface area contributed by atoms with Crippen LogP contribution in [-0.2, 0) is 6.54 Å². The van der Waals surface area contributed by atoms with Gasteiger partial charge < -0.3 is 20.1 Å². The van der Waals surface area contributed by atoms with Crippen LogP contribution in [0.1, 0.15) is 24.8 Å². The van der Waals surface area contributed by atoms with Crippen LogP contribution < -0.4 is 15.2 Å². The molecule has 0 saturated heterocycles. The number of para-hydroxylation sites is 1. The first-order valence-electron chi connectivity index (χ1n) is 7.16. The zero-order valence-corrected chi connectivity index (χ0v) is 11.8. The van der Waals surface area contributed by atoms with Crippen LogP contribution in [0, 0.1) is 0 Å². The summed E-state index contributed by atoms with van der Waals surface area (Å²) in [5.41, 5.74) is 7.04. The van der Waals surface area contributed by atoms with E-state index in [1.54, 1.807) is 0 Å². The molecule has 1 fully saturated rings. The monoisotopic (exact) mass is 275 g/mol. The molecule has 5 heteroatoms.